The van der Waals surface area contributed by atoms with Gasteiger partial charge < -0.3 is 10.5 Å². The van der Waals surface area contributed by atoms with Gasteiger partial charge in [0.25, 0.3) is 0 Å². The lowest BCUT2D eigenvalue weighted by Crippen LogP contribution is -2.36. The number of nitrogens with one attached hydrogen (secondary N) is 2. The van der Waals surface area contributed by atoms with E-state index in [-0.39, 0.29) is 0 Å². The fourth-order valence-electron chi connectivity index (χ4n) is 1.42. The lowest BCUT2D eigenvalue weighted by Gasteiger charge is -2.11. The van der Waals surface area contributed by atoms with Gasteiger partial charge in [0.1, 0.15) is 0 Å². The van der Waals surface area contributed by atoms with E-state index in [1.165, 1.54) is 0 Å². The van der Waals surface area contributed by atoms with Gasteiger partial charge >= 0.3 is 16.3 Å². The van der Waals surface area contributed by atoms with Crippen LogP contribution in [-0.4, -0.2) is 25.6 Å². The van der Waals surface area contributed by atoms with Crippen molar-refractivity contribution in [3.8, 4) is 0 Å². The zero-order valence-electron chi connectivity index (χ0n) is 11.6. The van der Waals surface area contributed by atoms with Crippen molar-refractivity contribution >= 4 is 39.2 Å². The van der Waals surface area contributed by atoms with E-state index in [0.29, 0.717) is 17.1 Å². The Morgan fingerprint density at radius 1 is 1.33 bits per heavy atom. The fourth-order valence-corrected chi connectivity index (χ4v) is 2.35. The molecule has 0 aliphatic heterocycles. The first kappa shape index (κ1) is 17.2. The highest BCUT2D eigenvalue weighted by atomic mass is 32.2. The maximum Gasteiger partial charge on any atom is 0.422 e. The van der Waals surface area contributed by atoms with Crippen molar-refractivity contribution in [2.75, 3.05) is 4.72 Å². The SMILES string of the molecule is CC(C)OC(=O)NS(=O)(=O)Nc1ccc(CC(N)=S)cc1. The Bertz CT molecular complexity index is 612. The molecule has 116 valence electrons. The number of benzene rings is 1. The molecule has 0 saturated carbocycles. The number of carbonyl (C=O) groups excluding carboxylic acids is 1. The van der Waals surface area contributed by atoms with Crippen LogP contribution < -0.4 is 15.2 Å². The number of hydrogen-bond donors (Lipinski definition) is 3. The van der Waals surface area contributed by atoms with Crippen LogP contribution in [0.15, 0.2) is 24.3 Å². The Morgan fingerprint density at radius 2 is 1.90 bits per heavy atom. The normalized spacial score (nSPS) is 11.0. The molecular weight excluding hydrogens is 314 g/mol. The average molecular weight is 331 g/mol. The number of nitrogens with two attached hydrogens (primary N) is 1. The highest BCUT2D eigenvalue weighted by molar-refractivity contribution is 7.91. The third-order valence-corrected chi connectivity index (χ3v) is 3.23. The number of ether oxygens (including phenoxy) is 1. The summed E-state index contributed by atoms with van der Waals surface area (Å²) in [4.78, 5) is 11.6. The molecule has 0 aliphatic rings. The quantitative estimate of drug-likeness (QED) is 0.678. The van der Waals surface area contributed by atoms with Crippen LogP contribution in [0.1, 0.15) is 19.4 Å². The van der Waals surface area contributed by atoms with Crippen molar-refractivity contribution in [1.29, 1.82) is 0 Å². The van der Waals surface area contributed by atoms with Crippen LogP contribution >= 0.6 is 12.2 Å². The minimum absolute atomic E-state index is 0.298. The number of hydrogen-bond acceptors (Lipinski definition) is 5. The molecule has 0 aliphatic carbocycles. The van der Waals surface area contributed by atoms with Crippen molar-refractivity contribution in [1.82, 2.24) is 4.72 Å². The molecule has 0 unspecified atom stereocenters. The van der Waals surface area contributed by atoms with E-state index in [1.54, 1.807) is 42.8 Å². The first-order valence-electron chi connectivity index (χ1n) is 6.06. The van der Waals surface area contributed by atoms with Gasteiger partial charge in [-0.05, 0) is 31.5 Å². The van der Waals surface area contributed by atoms with Crippen LogP contribution in [0.25, 0.3) is 0 Å². The number of thiocarbonyl (C=S) groups is 1. The van der Waals surface area contributed by atoms with E-state index in [2.05, 4.69) is 9.46 Å². The topological polar surface area (TPSA) is 111 Å². The highest BCUT2D eigenvalue weighted by Gasteiger charge is 2.16. The number of amides is 1. The highest BCUT2D eigenvalue weighted by Crippen LogP contribution is 2.11. The van der Waals surface area contributed by atoms with Crippen molar-refractivity contribution in [3.05, 3.63) is 29.8 Å². The van der Waals surface area contributed by atoms with Crippen LogP contribution in [0, 0.1) is 0 Å². The fraction of sp³-hybridized carbons (Fsp3) is 0.333. The number of anilines is 1. The Hall–Kier alpha value is -1.87. The molecule has 21 heavy (non-hydrogen) atoms. The Labute approximate surface area is 129 Å². The monoisotopic (exact) mass is 331 g/mol. The van der Waals surface area contributed by atoms with Crippen LogP contribution in [0.5, 0.6) is 0 Å². The molecule has 0 heterocycles. The molecular formula is C12H17N3O4S2. The Morgan fingerprint density at radius 3 is 2.38 bits per heavy atom. The third kappa shape index (κ3) is 6.91. The Balaban J connectivity index is 2.67. The molecule has 9 heteroatoms. The van der Waals surface area contributed by atoms with Crippen molar-refractivity contribution in [2.24, 2.45) is 5.73 Å². The van der Waals surface area contributed by atoms with Gasteiger partial charge in [-0.15, -0.1) is 0 Å². The summed E-state index contributed by atoms with van der Waals surface area (Å²) in [6.07, 6.45) is -1.02. The minimum atomic E-state index is -4.04. The van der Waals surface area contributed by atoms with E-state index in [4.69, 9.17) is 18.0 Å². The van der Waals surface area contributed by atoms with Gasteiger partial charge in [-0.3, -0.25) is 4.72 Å². The number of carbonyl (C=O) groups is 1. The van der Waals surface area contributed by atoms with Gasteiger partial charge in [0, 0.05) is 6.42 Å². The molecule has 0 aromatic heterocycles. The maximum atomic E-state index is 11.7. The second kappa shape index (κ2) is 7.23. The van der Waals surface area contributed by atoms with Crippen LogP contribution in [0.3, 0.4) is 0 Å². The van der Waals surface area contributed by atoms with E-state index >= 15 is 0 Å². The smallest absolute Gasteiger partial charge is 0.422 e. The zero-order chi connectivity index (χ0) is 16.0. The van der Waals surface area contributed by atoms with Gasteiger partial charge in [0.15, 0.2) is 0 Å². The second-order valence-corrected chi connectivity index (χ2v) is 6.44. The molecule has 0 saturated heterocycles. The number of rotatable bonds is 6. The van der Waals surface area contributed by atoms with Crippen molar-refractivity contribution in [3.63, 3.8) is 0 Å². The molecule has 1 amide bonds. The van der Waals surface area contributed by atoms with E-state index in [1.807, 2.05) is 0 Å². The van der Waals surface area contributed by atoms with Crippen molar-refractivity contribution in [2.45, 2.75) is 26.4 Å². The maximum absolute atomic E-state index is 11.7. The zero-order valence-corrected chi connectivity index (χ0v) is 13.3. The summed E-state index contributed by atoms with van der Waals surface area (Å²) in [6.45, 7) is 3.22. The lowest BCUT2D eigenvalue weighted by molar-refractivity contribution is 0.121. The molecule has 1 rings (SSSR count). The summed E-state index contributed by atoms with van der Waals surface area (Å²) in [5.74, 6) is 0. The molecule has 0 radical (unpaired) electrons. The van der Waals surface area contributed by atoms with Gasteiger partial charge in [-0.2, -0.15) is 8.42 Å². The first-order chi connectivity index (χ1) is 9.68. The average Bonchev–Trinajstić information content (AvgIpc) is 2.28. The molecule has 0 atom stereocenters. The molecule has 7 nitrogen and oxygen atoms in total. The minimum Gasteiger partial charge on any atom is -0.446 e. The summed E-state index contributed by atoms with van der Waals surface area (Å²) in [6, 6.07) is 6.45. The molecule has 0 bridgehead atoms. The van der Waals surface area contributed by atoms with Crippen molar-refractivity contribution < 1.29 is 17.9 Å². The molecule has 1 aromatic rings. The Kier molecular flexibility index (Phi) is 5.91. The lowest BCUT2D eigenvalue weighted by atomic mass is 10.1. The molecule has 1 aromatic carbocycles. The summed E-state index contributed by atoms with van der Waals surface area (Å²) in [5, 5.41) is 0. The van der Waals surface area contributed by atoms with E-state index in [9.17, 15) is 13.2 Å². The predicted molar refractivity (Wildman–Crippen MR) is 84.2 cm³/mol. The third-order valence-electron chi connectivity index (χ3n) is 2.14. The van der Waals surface area contributed by atoms with Gasteiger partial charge in [-0.1, -0.05) is 24.4 Å². The second-order valence-electron chi connectivity index (χ2n) is 4.50. The van der Waals surface area contributed by atoms with Crippen LogP contribution in [0.2, 0.25) is 0 Å². The molecule has 4 N–H and O–H groups in total. The molecule has 0 fully saturated rings. The van der Waals surface area contributed by atoms with Gasteiger partial charge in [0.05, 0.1) is 16.8 Å². The molecule has 0 spiro atoms. The van der Waals surface area contributed by atoms with Gasteiger partial charge in [-0.25, -0.2) is 9.52 Å². The van der Waals surface area contributed by atoms with Gasteiger partial charge in [0.2, 0.25) is 0 Å². The predicted octanol–water partition coefficient (Wildman–Crippen LogP) is 1.31. The summed E-state index contributed by atoms with van der Waals surface area (Å²) < 4.78 is 32.0. The summed E-state index contributed by atoms with van der Waals surface area (Å²) in [5.41, 5.74) is 6.57. The summed E-state index contributed by atoms with van der Waals surface area (Å²) >= 11 is 4.78. The standard InChI is InChI=1S/C12H17N3O4S2/c1-8(2)19-12(16)15-21(17,18)14-10-5-3-9(4-6-10)7-11(13)20/h3-6,8,14H,7H2,1-2H3,(H2,13,20)(H,15,16). The van der Waals surface area contributed by atoms with E-state index < -0.39 is 22.4 Å². The van der Waals surface area contributed by atoms with Crippen LogP contribution in [0.4, 0.5) is 10.5 Å². The van der Waals surface area contributed by atoms with E-state index in [0.717, 1.165) is 5.56 Å². The van der Waals surface area contributed by atoms with Crippen LogP contribution in [-0.2, 0) is 21.4 Å². The largest absolute Gasteiger partial charge is 0.446 e. The first-order valence-corrected chi connectivity index (χ1v) is 7.95. The summed E-state index contributed by atoms with van der Waals surface area (Å²) in [7, 11) is -4.04.